The molecule has 6 nitrogen and oxygen atoms in total. The number of hydrogen-bond donors (Lipinski definition) is 3. The normalized spacial score (nSPS) is 12.1. The molecule has 0 aliphatic carbocycles. The van der Waals surface area contributed by atoms with Crippen LogP contribution in [0.4, 0.5) is 0 Å². The summed E-state index contributed by atoms with van der Waals surface area (Å²) in [6.45, 7) is 6.23. The highest BCUT2D eigenvalue weighted by Crippen LogP contribution is 2.16. The fourth-order valence-corrected chi connectivity index (χ4v) is 0.592. The van der Waals surface area contributed by atoms with Gasteiger partial charge in [-0.25, -0.2) is 0 Å². The monoisotopic (exact) mass is 186 g/mol. The van der Waals surface area contributed by atoms with Gasteiger partial charge in [0.25, 0.3) is 0 Å². The van der Waals surface area contributed by atoms with Crippen LogP contribution >= 0.6 is 0 Å². The van der Waals surface area contributed by atoms with E-state index < -0.39 is 11.4 Å². The Morgan fingerprint density at radius 2 is 2.08 bits per heavy atom. The molecule has 0 aliphatic heterocycles. The summed E-state index contributed by atoms with van der Waals surface area (Å²) in [5, 5.41) is 16.0. The number of amidine groups is 1. The highest BCUT2D eigenvalue weighted by molar-refractivity contribution is 6.03. The Labute approximate surface area is 76.7 Å². The van der Waals surface area contributed by atoms with Crippen LogP contribution in [0, 0.1) is 5.41 Å². The van der Waals surface area contributed by atoms with Crippen molar-refractivity contribution in [3.05, 3.63) is 0 Å². The Morgan fingerprint density at radius 1 is 1.54 bits per heavy atom. The lowest BCUT2D eigenvalue weighted by molar-refractivity contribution is -0.143. The van der Waals surface area contributed by atoms with Gasteiger partial charge in [-0.3, -0.25) is 10.2 Å². The van der Waals surface area contributed by atoms with Gasteiger partial charge >= 0.3 is 5.97 Å². The van der Waals surface area contributed by atoms with Crippen LogP contribution in [-0.4, -0.2) is 30.7 Å². The third-order valence-corrected chi connectivity index (χ3v) is 1.54. The van der Waals surface area contributed by atoms with E-state index in [2.05, 4.69) is 27.8 Å². The number of nitrogens with one attached hydrogen (secondary N) is 2. The first-order chi connectivity index (χ1) is 5.96. The van der Waals surface area contributed by atoms with E-state index in [1.807, 2.05) is 0 Å². The van der Waals surface area contributed by atoms with Crippen LogP contribution < -0.4 is 10.9 Å². The molecule has 0 atom stereocenters. The van der Waals surface area contributed by atoms with Crippen molar-refractivity contribution in [3.8, 4) is 0 Å². The van der Waals surface area contributed by atoms with E-state index in [9.17, 15) is 4.79 Å². The lowest BCUT2D eigenvalue weighted by atomic mass is 9.92. The Morgan fingerprint density at radius 3 is 2.38 bits per heavy atom. The number of nitrogens with zero attached hydrogens (tertiary/aromatic N) is 2. The Balaban J connectivity index is 4.82. The third kappa shape index (κ3) is 2.73. The smallest absolute Gasteiger partial charge is 0.316 e. The maximum Gasteiger partial charge on any atom is 0.316 e. The number of hydrazone groups is 2. The molecule has 0 heterocycles. The van der Waals surface area contributed by atoms with Crippen molar-refractivity contribution in [3.63, 3.8) is 0 Å². The minimum absolute atomic E-state index is 0.206. The first-order valence-electron chi connectivity index (χ1n) is 3.66. The summed E-state index contributed by atoms with van der Waals surface area (Å²) < 4.78 is 0. The zero-order chi connectivity index (χ0) is 10.5. The topological polar surface area (TPSA) is 86.1 Å². The predicted molar refractivity (Wildman–Crippen MR) is 50.6 cm³/mol. The second kappa shape index (κ2) is 4.44. The van der Waals surface area contributed by atoms with E-state index in [0.717, 1.165) is 0 Å². The van der Waals surface area contributed by atoms with E-state index in [1.54, 1.807) is 7.05 Å². The van der Waals surface area contributed by atoms with Crippen LogP contribution in [0.5, 0.6) is 0 Å². The first kappa shape index (κ1) is 11.4. The maximum atomic E-state index is 10.8. The molecule has 0 amide bonds. The van der Waals surface area contributed by atoms with E-state index in [0.29, 0.717) is 0 Å². The standard InChI is InChI=1S/C7H14N4O2/c1-7(2,6(12)13)5(10-8-3)11-9-4/h9H,3H2,1-2,4H3,(H,10,11)(H,12,13). The number of hydrogen-bond acceptors (Lipinski definition) is 4. The molecule has 0 aromatic heterocycles. The van der Waals surface area contributed by atoms with Gasteiger partial charge in [0.05, 0.1) is 0 Å². The summed E-state index contributed by atoms with van der Waals surface area (Å²) in [6.07, 6.45) is 0. The van der Waals surface area contributed by atoms with Crippen molar-refractivity contribution in [1.82, 2.24) is 10.9 Å². The molecule has 0 rings (SSSR count). The number of carboxylic acid groups (broad SMARTS) is 1. The van der Waals surface area contributed by atoms with Crippen molar-refractivity contribution in [2.75, 3.05) is 7.05 Å². The number of carboxylic acids is 1. The molecule has 0 spiro atoms. The zero-order valence-corrected chi connectivity index (χ0v) is 7.96. The largest absolute Gasteiger partial charge is 0.481 e. The van der Waals surface area contributed by atoms with Crippen LogP contribution in [0.1, 0.15) is 13.8 Å². The third-order valence-electron chi connectivity index (χ3n) is 1.54. The maximum absolute atomic E-state index is 10.8. The van der Waals surface area contributed by atoms with Crippen molar-refractivity contribution >= 4 is 18.5 Å². The molecular formula is C7H14N4O2. The summed E-state index contributed by atoms with van der Waals surface area (Å²) in [5.41, 5.74) is 3.79. The SMILES string of the molecule is C=NNC(=NNC)C(C)(C)C(=O)O. The molecule has 0 saturated carbocycles. The number of carbonyl (C=O) groups is 1. The first-order valence-corrected chi connectivity index (χ1v) is 3.66. The van der Waals surface area contributed by atoms with Gasteiger partial charge in [0, 0.05) is 13.8 Å². The van der Waals surface area contributed by atoms with Gasteiger partial charge in [-0.2, -0.15) is 10.2 Å². The van der Waals surface area contributed by atoms with Crippen molar-refractivity contribution in [2.24, 2.45) is 15.6 Å². The van der Waals surface area contributed by atoms with Gasteiger partial charge in [-0.15, -0.1) is 0 Å². The molecule has 0 aromatic rings. The summed E-state index contributed by atoms with van der Waals surface area (Å²) in [5.74, 6) is -0.782. The molecule has 0 saturated heterocycles. The second-order valence-corrected chi connectivity index (χ2v) is 2.88. The molecule has 13 heavy (non-hydrogen) atoms. The van der Waals surface area contributed by atoms with Crippen molar-refractivity contribution in [2.45, 2.75) is 13.8 Å². The molecule has 3 N–H and O–H groups in total. The van der Waals surface area contributed by atoms with Crippen molar-refractivity contribution in [1.29, 1.82) is 0 Å². The van der Waals surface area contributed by atoms with Gasteiger partial charge in [0.15, 0.2) is 5.84 Å². The Hall–Kier alpha value is -1.59. The summed E-state index contributed by atoms with van der Waals surface area (Å²) in [7, 11) is 1.57. The summed E-state index contributed by atoms with van der Waals surface area (Å²) in [6, 6.07) is 0. The lowest BCUT2D eigenvalue weighted by Gasteiger charge is -2.20. The second-order valence-electron chi connectivity index (χ2n) is 2.88. The van der Waals surface area contributed by atoms with Gasteiger partial charge in [-0.05, 0) is 13.8 Å². The van der Waals surface area contributed by atoms with E-state index in [-0.39, 0.29) is 5.84 Å². The quantitative estimate of drug-likeness (QED) is 0.323. The van der Waals surface area contributed by atoms with Gasteiger partial charge in [0.1, 0.15) is 5.41 Å². The number of rotatable bonds is 4. The highest BCUT2D eigenvalue weighted by Gasteiger charge is 2.34. The molecule has 6 heteroatoms. The lowest BCUT2D eigenvalue weighted by Crippen LogP contribution is -2.41. The van der Waals surface area contributed by atoms with E-state index in [4.69, 9.17) is 5.11 Å². The fourth-order valence-electron chi connectivity index (χ4n) is 0.592. The Bertz CT molecular complexity index is 235. The van der Waals surface area contributed by atoms with Crippen molar-refractivity contribution < 1.29 is 9.90 Å². The van der Waals surface area contributed by atoms with Crippen LogP contribution in [0.15, 0.2) is 10.2 Å². The Kier molecular flexibility index (Phi) is 3.90. The summed E-state index contributed by atoms with van der Waals surface area (Å²) >= 11 is 0. The molecular weight excluding hydrogens is 172 g/mol. The van der Waals surface area contributed by atoms with Crippen LogP contribution in [-0.2, 0) is 4.79 Å². The van der Waals surface area contributed by atoms with Gasteiger partial charge in [-0.1, -0.05) is 0 Å². The summed E-state index contributed by atoms with van der Waals surface area (Å²) in [4.78, 5) is 10.8. The average molecular weight is 186 g/mol. The molecule has 0 radical (unpaired) electrons. The van der Waals surface area contributed by atoms with E-state index in [1.165, 1.54) is 13.8 Å². The van der Waals surface area contributed by atoms with Crippen LogP contribution in [0.25, 0.3) is 0 Å². The highest BCUT2D eigenvalue weighted by atomic mass is 16.4. The molecule has 0 aromatic carbocycles. The number of aliphatic carboxylic acids is 1. The predicted octanol–water partition coefficient (Wildman–Crippen LogP) is -0.165. The molecule has 0 aliphatic rings. The van der Waals surface area contributed by atoms with Gasteiger partial charge in [0.2, 0.25) is 0 Å². The van der Waals surface area contributed by atoms with Gasteiger partial charge < -0.3 is 10.5 Å². The molecule has 0 fully saturated rings. The zero-order valence-electron chi connectivity index (χ0n) is 7.96. The van der Waals surface area contributed by atoms with Crippen LogP contribution in [0.3, 0.4) is 0 Å². The van der Waals surface area contributed by atoms with Crippen LogP contribution in [0.2, 0.25) is 0 Å². The molecule has 0 bridgehead atoms. The molecule has 74 valence electrons. The minimum atomic E-state index is -1.12. The average Bonchev–Trinajstić information content (AvgIpc) is 2.03. The minimum Gasteiger partial charge on any atom is -0.481 e. The fraction of sp³-hybridized carbons (Fsp3) is 0.571. The van der Waals surface area contributed by atoms with E-state index >= 15 is 0 Å². The molecule has 0 unspecified atom stereocenters.